The van der Waals surface area contributed by atoms with Crippen LogP contribution in [0.25, 0.3) is 44.7 Å². The fourth-order valence-corrected chi connectivity index (χ4v) is 12.0. The lowest BCUT2D eigenvalue weighted by atomic mass is 10.0. The highest BCUT2D eigenvalue weighted by molar-refractivity contribution is 8.04. The minimum absolute atomic E-state index is 0.0396. The normalized spacial score (nSPS) is 22.7. The fourth-order valence-electron chi connectivity index (χ4n) is 10.6. The van der Waals surface area contributed by atoms with E-state index < -0.39 is 36.3 Å². The number of likely N-dealkylation sites (tertiary alicyclic amines) is 2. The molecular formula is C50H58FN9O8S. The summed E-state index contributed by atoms with van der Waals surface area (Å²) in [5.41, 5.74) is 4.63. The van der Waals surface area contributed by atoms with Gasteiger partial charge < -0.3 is 49.3 Å². The number of fused-ring (bicyclic) bond motifs is 6. The van der Waals surface area contributed by atoms with E-state index in [1.54, 1.807) is 34.0 Å². The maximum atomic E-state index is 17.0. The number of amides is 4. The minimum Gasteiger partial charge on any atom is -0.465 e. The lowest BCUT2D eigenvalue weighted by molar-refractivity contribution is -0.136. The van der Waals surface area contributed by atoms with Crippen molar-refractivity contribution in [1.82, 2.24) is 44.9 Å². The first-order valence-corrected chi connectivity index (χ1v) is 24.8. The van der Waals surface area contributed by atoms with Gasteiger partial charge in [-0.05, 0) is 86.8 Å². The van der Waals surface area contributed by atoms with Gasteiger partial charge in [0.2, 0.25) is 18.0 Å². The summed E-state index contributed by atoms with van der Waals surface area (Å²) in [6.07, 6.45) is 8.60. The molecule has 0 spiro atoms. The van der Waals surface area contributed by atoms with Crippen LogP contribution in [0, 0.1) is 17.7 Å². The number of nitrogens with zero attached hydrogens (tertiary/aromatic N) is 5. The number of carbonyl (C=O) groups excluding carboxylic acids is 4. The topological polar surface area (TPSA) is 198 Å². The number of imidazole rings is 2. The van der Waals surface area contributed by atoms with E-state index in [9.17, 15) is 19.2 Å². The van der Waals surface area contributed by atoms with Gasteiger partial charge in [-0.1, -0.05) is 33.8 Å². The molecule has 0 radical (unpaired) electrons. The number of rotatable bonds is 11. The van der Waals surface area contributed by atoms with E-state index in [1.165, 1.54) is 20.3 Å². The third-order valence-corrected chi connectivity index (χ3v) is 15.5. The standard InChI is InChI=1S/C50H58FN9O8S/c1-25(2)42(56-49(63)65-5)46(61)58-15-7-10-34(58)44-52-23-31(54-44)27-13-14-33-29(18-27)20-36-41-30(51)19-28(21-38(41)68-48(60(33)36)40-22-37-39(69-40)12-9-17-67-37)32-24-53-45(55-32)35-11-8-16-59(35)47(62)43(26(3)4)57-50(64)66-6/h13-14,18-26,34-35,37,39,42-43,48H,7-12,15-17H2,1-6H3,(H,52,54)(H,53,55)(H,56,63)(H,57,64)/t34-,35-,37?,39?,42-,43-,48?/m0/s1. The third-order valence-electron chi connectivity index (χ3n) is 14.1. The van der Waals surface area contributed by atoms with Gasteiger partial charge in [-0.2, -0.15) is 0 Å². The summed E-state index contributed by atoms with van der Waals surface area (Å²) in [6, 6.07) is 9.28. The second-order valence-corrected chi connectivity index (χ2v) is 20.4. The molecule has 3 unspecified atom stereocenters. The number of alkyl carbamates (subject to hydrolysis) is 2. The number of carbonyl (C=O) groups is 4. The Hall–Kier alpha value is -6.34. The predicted octanol–water partition coefficient (Wildman–Crippen LogP) is 8.39. The summed E-state index contributed by atoms with van der Waals surface area (Å²) in [4.78, 5) is 72.8. The number of methoxy groups -OCH3 is 2. The summed E-state index contributed by atoms with van der Waals surface area (Å²) < 4.78 is 41.8. The highest BCUT2D eigenvalue weighted by atomic mass is 32.2. The first-order chi connectivity index (χ1) is 33.3. The van der Waals surface area contributed by atoms with Crippen molar-refractivity contribution in [3.8, 4) is 39.5 Å². The van der Waals surface area contributed by atoms with Crippen molar-refractivity contribution in [1.29, 1.82) is 0 Å². The maximum Gasteiger partial charge on any atom is 0.407 e. The Morgan fingerprint density at radius 2 is 1.41 bits per heavy atom. The van der Waals surface area contributed by atoms with Crippen LogP contribution >= 0.6 is 11.8 Å². The van der Waals surface area contributed by atoms with Gasteiger partial charge in [-0.3, -0.25) is 14.2 Å². The summed E-state index contributed by atoms with van der Waals surface area (Å²) in [6.45, 7) is 9.27. The zero-order valence-electron chi connectivity index (χ0n) is 39.5. The van der Waals surface area contributed by atoms with Gasteiger partial charge in [0.25, 0.3) is 0 Å². The van der Waals surface area contributed by atoms with Crippen LogP contribution in [0.5, 0.6) is 5.75 Å². The molecule has 8 heterocycles. The molecule has 10 rings (SSSR count). The highest BCUT2D eigenvalue weighted by Gasteiger charge is 2.42. The van der Waals surface area contributed by atoms with Gasteiger partial charge in [-0.25, -0.2) is 23.9 Å². The molecule has 364 valence electrons. The van der Waals surface area contributed by atoms with E-state index in [4.69, 9.17) is 28.9 Å². The SMILES string of the molecule is COC(=O)N[C@H](C(=O)N1CCC[C@H]1c1ncc(-c2cc(F)c3c(c2)OC(C2=CC4OCCCC4S2)n2c-3cc3cc(-c4cnc([C@@H]5CCCN5C(=O)[C@@H](NC(=O)OC)C(C)C)[nH]4)ccc32)[nH]1)C(C)C. The molecule has 19 heteroatoms. The van der Waals surface area contributed by atoms with Gasteiger partial charge >= 0.3 is 12.2 Å². The number of aromatic nitrogens is 5. The Morgan fingerprint density at radius 3 is 1.99 bits per heavy atom. The fraction of sp³-hybridized carbons (Fsp3) is 0.480. The van der Waals surface area contributed by atoms with Crippen LogP contribution in [-0.2, 0) is 23.8 Å². The molecule has 2 aromatic carbocycles. The van der Waals surface area contributed by atoms with Crippen molar-refractivity contribution in [3.05, 3.63) is 77.2 Å². The van der Waals surface area contributed by atoms with Gasteiger partial charge in [-0.15, -0.1) is 11.8 Å². The minimum atomic E-state index is -0.772. The molecule has 3 aromatic heterocycles. The van der Waals surface area contributed by atoms with Crippen molar-refractivity contribution < 1.29 is 42.5 Å². The van der Waals surface area contributed by atoms with Crippen LogP contribution < -0.4 is 15.4 Å². The molecule has 5 aliphatic rings. The number of nitrogens with one attached hydrogen (secondary N) is 4. The van der Waals surface area contributed by atoms with Crippen LogP contribution in [0.4, 0.5) is 14.0 Å². The van der Waals surface area contributed by atoms with E-state index in [0.717, 1.165) is 59.2 Å². The Morgan fingerprint density at radius 1 is 0.797 bits per heavy atom. The molecule has 4 N–H and O–H groups in total. The van der Waals surface area contributed by atoms with Crippen LogP contribution in [0.3, 0.4) is 0 Å². The quantitative estimate of drug-likeness (QED) is 0.0992. The van der Waals surface area contributed by atoms with E-state index >= 15 is 4.39 Å². The monoisotopic (exact) mass is 963 g/mol. The first-order valence-electron chi connectivity index (χ1n) is 23.9. The smallest absolute Gasteiger partial charge is 0.407 e. The molecule has 3 fully saturated rings. The van der Waals surface area contributed by atoms with Gasteiger partial charge in [0.05, 0.1) is 73.0 Å². The van der Waals surface area contributed by atoms with Crippen LogP contribution in [-0.4, -0.2) is 116 Å². The van der Waals surface area contributed by atoms with Crippen molar-refractivity contribution in [3.63, 3.8) is 0 Å². The zero-order valence-corrected chi connectivity index (χ0v) is 40.4. The number of halogens is 1. The number of H-pyrrole nitrogens is 2. The summed E-state index contributed by atoms with van der Waals surface area (Å²) >= 11 is 1.76. The molecule has 4 amide bonds. The van der Waals surface area contributed by atoms with Gasteiger partial charge in [0, 0.05) is 46.4 Å². The first kappa shape index (κ1) is 46.4. The van der Waals surface area contributed by atoms with E-state index in [1.807, 2.05) is 52.0 Å². The largest absolute Gasteiger partial charge is 0.465 e. The van der Waals surface area contributed by atoms with Crippen LogP contribution in [0.15, 0.2) is 59.8 Å². The third kappa shape index (κ3) is 8.61. The number of hydrogen-bond acceptors (Lipinski definition) is 11. The van der Waals surface area contributed by atoms with Crippen LogP contribution in [0.1, 0.15) is 96.2 Å². The molecule has 3 saturated heterocycles. The molecule has 17 nitrogen and oxygen atoms in total. The number of benzene rings is 2. The Balaban J connectivity index is 0.966. The van der Waals surface area contributed by atoms with E-state index in [0.29, 0.717) is 66.0 Å². The average molecular weight is 964 g/mol. The van der Waals surface area contributed by atoms with Crippen molar-refractivity contribution in [2.45, 2.75) is 108 Å². The zero-order chi connectivity index (χ0) is 48.2. The molecule has 0 aliphatic carbocycles. The Bertz CT molecular complexity index is 2840. The Labute approximate surface area is 403 Å². The summed E-state index contributed by atoms with van der Waals surface area (Å²) in [5, 5.41) is 6.54. The van der Waals surface area contributed by atoms with Crippen molar-refractivity contribution in [2.24, 2.45) is 11.8 Å². The van der Waals surface area contributed by atoms with Gasteiger partial charge in [0.15, 0.2) is 0 Å². The molecule has 7 atom stereocenters. The Kier molecular flexibility index (Phi) is 12.7. The lowest BCUT2D eigenvalue weighted by Gasteiger charge is -2.31. The molecular weight excluding hydrogens is 906 g/mol. The second kappa shape index (κ2) is 18.9. The summed E-state index contributed by atoms with van der Waals surface area (Å²) in [5.74, 6) is 0.434. The predicted molar refractivity (Wildman–Crippen MR) is 256 cm³/mol. The lowest BCUT2D eigenvalue weighted by Crippen LogP contribution is -2.51. The molecule has 5 aliphatic heterocycles. The van der Waals surface area contributed by atoms with Gasteiger partial charge in [0.1, 0.15) is 35.3 Å². The molecule has 5 aromatic rings. The van der Waals surface area contributed by atoms with E-state index in [2.05, 4.69) is 37.3 Å². The number of thioether (sulfide) groups is 1. The molecule has 0 saturated carbocycles. The second-order valence-electron chi connectivity index (χ2n) is 19.1. The maximum absolute atomic E-state index is 17.0. The molecule has 69 heavy (non-hydrogen) atoms. The average Bonchev–Trinajstić information content (AvgIpc) is 4.21. The molecule has 0 bridgehead atoms. The van der Waals surface area contributed by atoms with Crippen molar-refractivity contribution >= 4 is 46.7 Å². The number of aromatic amines is 2. The van der Waals surface area contributed by atoms with Crippen LogP contribution in [0.2, 0.25) is 0 Å². The number of hydrogen-bond donors (Lipinski definition) is 4. The summed E-state index contributed by atoms with van der Waals surface area (Å²) in [7, 11) is 2.55. The number of ether oxygens (including phenoxy) is 4. The van der Waals surface area contributed by atoms with Crippen molar-refractivity contribution in [2.75, 3.05) is 33.9 Å². The highest BCUT2D eigenvalue weighted by Crippen LogP contribution is 2.52. The van der Waals surface area contributed by atoms with E-state index in [-0.39, 0.29) is 47.1 Å².